The molecule has 8 heteroatoms. The Labute approximate surface area is 196 Å². The van der Waals surface area contributed by atoms with Gasteiger partial charge in [0.25, 0.3) is 5.52 Å². The van der Waals surface area contributed by atoms with Gasteiger partial charge >= 0.3 is 11.9 Å². The number of carboxylic acids is 1. The first-order chi connectivity index (χ1) is 15.4. The Morgan fingerprint density at radius 1 is 1.12 bits per heavy atom. The molecular weight excluding hydrogens is 449 g/mol. The third-order valence-electron chi connectivity index (χ3n) is 5.45. The van der Waals surface area contributed by atoms with E-state index in [0.29, 0.717) is 23.1 Å². The fourth-order valence-corrected chi connectivity index (χ4v) is 4.34. The van der Waals surface area contributed by atoms with E-state index >= 15 is 0 Å². The Morgan fingerprint density at radius 3 is 2.47 bits per heavy atom. The lowest BCUT2D eigenvalue weighted by Gasteiger charge is -2.23. The van der Waals surface area contributed by atoms with Crippen molar-refractivity contribution in [1.29, 1.82) is 0 Å². The van der Waals surface area contributed by atoms with E-state index in [4.69, 9.17) is 27.6 Å². The summed E-state index contributed by atoms with van der Waals surface area (Å²) in [5.74, 6) is 0.743. The summed E-state index contributed by atoms with van der Waals surface area (Å²) in [4.78, 5) is 15.3. The summed E-state index contributed by atoms with van der Waals surface area (Å²) in [6, 6.07) is 11.5. The SMILES string of the molecule is CCN1/C(=C\C=C\c2oc3ccccc3[n+]2CC)N(CCC(=O)O)c2cc(Cl)c(Cl)cc21. The largest absolute Gasteiger partial charge is 0.481 e. The summed E-state index contributed by atoms with van der Waals surface area (Å²) >= 11 is 12.5. The third kappa shape index (κ3) is 4.08. The number of hydrogen-bond donors (Lipinski definition) is 1. The lowest BCUT2D eigenvalue weighted by molar-refractivity contribution is -0.674. The number of oxazole rings is 1. The van der Waals surface area contributed by atoms with E-state index < -0.39 is 5.97 Å². The van der Waals surface area contributed by atoms with Crippen molar-refractivity contribution in [3.63, 3.8) is 0 Å². The molecule has 0 aliphatic carbocycles. The molecule has 1 aromatic heterocycles. The maximum absolute atomic E-state index is 11.3. The molecule has 0 saturated carbocycles. The molecule has 0 atom stereocenters. The Hall–Kier alpha value is -2.96. The van der Waals surface area contributed by atoms with Gasteiger partial charge in [0.2, 0.25) is 5.58 Å². The monoisotopic (exact) mass is 472 g/mol. The van der Waals surface area contributed by atoms with E-state index in [0.717, 1.165) is 40.7 Å². The first-order valence-corrected chi connectivity index (χ1v) is 11.3. The standard InChI is InChI=1S/C24H23Cl2N3O3/c1-3-27-19-14-16(25)17(26)15-20(19)29(13-12-24(30)31)22(27)10-7-11-23-28(4-2)18-8-5-6-9-21(18)32-23/h5-11,14-15H,3-4,12-13H2,1-2H3/p+1. The quantitative estimate of drug-likeness (QED) is 0.445. The van der Waals surface area contributed by atoms with Crippen LogP contribution >= 0.6 is 23.2 Å². The van der Waals surface area contributed by atoms with Gasteiger partial charge in [-0.3, -0.25) is 4.79 Å². The molecule has 32 heavy (non-hydrogen) atoms. The van der Waals surface area contributed by atoms with Crippen LogP contribution in [0.1, 0.15) is 26.2 Å². The minimum atomic E-state index is -0.859. The third-order valence-corrected chi connectivity index (χ3v) is 6.18. The van der Waals surface area contributed by atoms with Crippen LogP contribution in [0.3, 0.4) is 0 Å². The van der Waals surface area contributed by atoms with E-state index in [1.54, 1.807) is 6.07 Å². The van der Waals surface area contributed by atoms with Gasteiger partial charge < -0.3 is 19.3 Å². The number of aromatic nitrogens is 1. The van der Waals surface area contributed by atoms with Gasteiger partial charge in [0.05, 0.1) is 33.9 Å². The number of para-hydroxylation sites is 2. The van der Waals surface area contributed by atoms with Gasteiger partial charge in [0.1, 0.15) is 12.4 Å². The highest BCUT2D eigenvalue weighted by molar-refractivity contribution is 6.42. The Balaban J connectivity index is 1.73. The number of carbonyl (C=O) groups is 1. The first kappa shape index (κ1) is 22.2. The summed E-state index contributed by atoms with van der Waals surface area (Å²) < 4.78 is 8.12. The van der Waals surface area contributed by atoms with Gasteiger partial charge in [0.15, 0.2) is 0 Å². The Bertz CT molecular complexity index is 1230. The van der Waals surface area contributed by atoms with Crippen LogP contribution in [0, 0.1) is 0 Å². The highest BCUT2D eigenvalue weighted by atomic mass is 35.5. The minimum Gasteiger partial charge on any atom is -0.481 e. The number of aryl methyl sites for hydroxylation is 1. The number of allylic oxidation sites excluding steroid dienone is 2. The first-order valence-electron chi connectivity index (χ1n) is 10.5. The molecule has 2 aromatic carbocycles. The molecule has 1 N–H and O–H groups in total. The van der Waals surface area contributed by atoms with Crippen molar-refractivity contribution >= 4 is 57.7 Å². The van der Waals surface area contributed by atoms with Gasteiger partial charge in [-0.15, -0.1) is 0 Å². The van der Waals surface area contributed by atoms with Crippen LogP contribution in [0.2, 0.25) is 10.0 Å². The van der Waals surface area contributed by atoms with Crippen molar-refractivity contribution in [3.05, 3.63) is 70.3 Å². The van der Waals surface area contributed by atoms with E-state index in [2.05, 4.69) is 16.4 Å². The van der Waals surface area contributed by atoms with Gasteiger partial charge in [-0.25, -0.2) is 0 Å². The molecule has 1 aliphatic rings. The van der Waals surface area contributed by atoms with Crippen LogP contribution in [-0.4, -0.2) is 24.2 Å². The molecule has 0 spiro atoms. The molecule has 0 saturated heterocycles. The molecule has 2 heterocycles. The zero-order valence-corrected chi connectivity index (χ0v) is 19.4. The fraction of sp³-hybridized carbons (Fsp3) is 0.250. The number of fused-ring (bicyclic) bond motifs is 2. The zero-order valence-electron chi connectivity index (χ0n) is 17.9. The van der Waals surface area contributed by atoms with Crippen molar-refractivity contribution in [3.8, 4) is 0 Å². The van der Waals surface area contributed by atoms with Crippen molar-refractivity contribution in [2.24, 2.45) is 0 Å². The number of anilines is 2. The summed E-state index contributed by atoms with van der Waals surface area (Å²) in [6.07, 6.45) is 5.80. The van der Waals surface area contributed by atoms with E-state index in [-0.39, 0.29) is 6.42 Å². The lowest BCUT2D eigenvalue weighted by atomic mass is 10.2. The summed E-state index contributed by atoms with van der Waals surface area (Å²) in [7, 11) is 0. The predicted molar refractivity (Wildman–Crippen MR) is 128 cm³/mol. The Morgan fingerprint density at radius 2 is 1.81 bits per heavy atom. The van der Waals surface area contributed by atoms with Gasteiger partial charge in [0, 0.05) is 19.2 Å². The normalized spacial score (nSPS) is 14.8. The molecule has 3 aromatic rings. The topological polar surface area (TPSA) is 60.8 Å². The van der Waals surface area contributed by atoms with Crippen LogP contribution in [0.4, 0.5) is 11.4 Å². The van der Waals surface area contributed by atoms with Crippen molar-refractivity contribution < 1.29 is 18.9 Å². The second kappa shape index (κ2) is 9.27. The van der Waals surface area contributed by atoms with Gasteiger partial charge in [-0.05, 0) is 44.2 Å². The number of carboxylic acid groups (broad SMARTS) is 1. The highest BCUT2D eigenvalue weighted by Crippen LogP contribution is 2.45. The molecule has 6 nitrogen and oxygen atoms in total. The summed E-state index contributed by atoms with van der Waals surface area (Å²) in [6.45, 7) is 5.89. The molecule has 166 valence electrons. The van der Waals surface area contributed by atoms with Crippen LogP contribution in [-0.2, 0) is 11.3 Å². The van der Waals surface area contributed by atoms with Crippen LogP contribution in [0.5, 0.6) is 0 Å². The second-order valence-electron chi connectivity index (χ2n) is 7.33. The highest BCUT2D eigenvalue weighted by Gasteiger charge is 2.31. The molecule has 0 amide bonds. The summed E-state index contributed by atoms with van der Waals surface area (Å²) in [5, 5.41) is 10.1. The van der Waals surface area contributed by atoms with Crippen molar-refractivity contribution in [2.45, 2.75) is 26.8 Å². The number of nitrogens with zero attached hydrogens (tertiary/aromatic N) is 3. The van der Waals surface area contributed by atoms with E-state index in [1.807, 2.05) is 60.4 Å². The average Bonchev–Trinajstić information content (AvgIpc) is 3.26. The zero-order chi connectivity index (χ0) is 22.8. The smallest absolute Gasteiger partial charge is 0.374 e. The fourth-order valence-electron chi connectivity index (χ4n) is 4.03. The molecule has 0 bridgehead atoms. The number of hydrogen-bond acceptors (Lipinski definition) is 4. The maximum Gasteiger partial charge on any atom is 0.374 e. The van der Waals surface area contributed by atoms with Gasteiger partial charge in [-0.1, -0.05) is 35.3 Å². The molecule has 1 aliphatic heterocycles. The average molecular weight is 473 g/mol. The van der Waals surface area contributed by atoms with Crippen LogP contribution in [0.25, 0.3) is 17.2 Å². The molecule has 0 fully saturated rings. The Kier molecular flexibility index (Phi) is 6.44. The van der Waals surface area contributed by atoms with Crippen LogP contribution < -0.4 is 14.4 Å². The second-order valence-corrected chi connectivity index (χ2v) is 8.15. The number of benzene rings is 2. The van der Waals surface area contributed by atoms with E-state index in [9.17, 15) is 9.90 Å². The van der Waals surface area contributed by atoms with E-state index in [1.165, 1.54) is 0 Å². The van der Waals surface area contributed by atoms with Crippen molar-refractivity contribution in [1.82, 2.24) is 0 Å². The molecular formula is C24H24Cl2N3O3+. The molecule has 0 unspecified atom stereocenters. The minimum absolute atomic E-state index is 0.00228. The summed E-state index contributed by atoms with van der Waals surface area (Å²) in [5.41, 5.74) is 3.62. The molecule has 0 radical (unpaired) electrons. The number of halogens is 2. The maximum atomic E-state index is 11.3. The molecule has 4 rings (SSSR count). The van der Waals surface area contributed by atoms with Gasteiger partial charge in [-0.2, -0.15) is 4.57 Å². The number of rotatable bonds is 7. The lowest BCUT2D eigenvalue weighted by Crippen LogP contribution is -2.33. The number of aliphatic carboxylic acids is 1. The van der Waals surface area contributed by atoms with Crippen LogP contribution in [0.15, 0.2) is 58.8 Å². The predicted octanol–water partition coefficient (Wildman–Crippen LogP) is 5.72. The van der Waals surface area contributed by atoms with Crippen molar-refractivity contribution in [2.75, 3.05) is 22.9 Å².